The molecule has 2 aromatic rings. The van der Waals surface area contributed by atoms with Crippen LogP contribution in [0.3, 0.4) is 0 Å². The highest BCUT2D eigenvalue weighted by Gasteiger charge is 2.26. The van der Waals surface area contributed by atoms with Gasteiger partial charge in [0.15, 0.2) is 0 Å². The molecule has 0 aliphatic carbocycles. The first-order valence-corrected chi connectivity index (χ1v) is 7.61. The van der Waals surface area contributed by atoms with Crippen LogP contribution in [-0.2, 0) is 5.54 Å². The molecular formula is C15H20N4OS. The van der Waals surface area contributed by atoms with Gasteiger partial charge >= 0.3 is 6.03 Å². The second-order valence-electron chi connectivity index (χ2n) is 5.67. The van der Waals surface area contributed by atoms with Gasteiger partial charge in [-0.1, -0.05) is 0 Å². The van der Waals surface area contributed by atoms with E-state index in [9.17, 15) is 4.79 Å². The van der Waals surface area contributed by atoms with Crippen molar-refractivity contribution in [2.45, 2.75) is 40.2 Å². The van der Waals surface area contributed by atoms with Gasteiger partial charge in [0.25, 0.3) is 0 Å². The van der Waals surface area contributed by atoms with Crippen molar-refractivity contribution in [2.75, 3.05) is 5.32 Å². The van der Waals surface area contributed by atoms with Crippen LogP contribution >= 0.6 is 11.3 Å². The quantitative estimate of drug-likeness (QED) is 0.911. The summed E-state index contributed by atoms with van der Waals surface area (Å²) in [5.41, 5.74) is 2.37. The van der Waals surface area contributed by atoms with Crippen LogP contribution < -0.4 is 10.6 Å². The maximum Gasteiger partial charge on any atom is 0.321 e. The first-order valence-electron chi connectivity index (χ1n) is 6.73. The average Bonchev–Trinajstić information content (AvgIpc) is 2.74. The van der Waals surface area contributed by atoms with E-state index in [1.54, 1.807) is 11.3 Å². The van der Waals surface area contributed by atoms with Gasteiger partial charge in [-0.2, -0.15) is 0 Å². The zero-order valence-electron chi connectivity index (χ0n) is 12.9. The Balaban J connectivity index is 2.07. The van der Waals surface area contributed by atoms with Gasteiger partial charge in [0, 0.05) is 16.8 Å². The molecule has 0 fully saturated rings. The standard InChI is InChI=1S/C15H20N4OS/c1-9-6-10(2)16-12(7-9)18-14(20)19-15(4,5)13-17-11(3)8-21-13/h6-8H,1-5H3,(H2,16,18,19,20). The number of urea groups is 1. The van der Waals surface area contributed by atoms with E-state index in [0.29, 0.717) is 5.82 Å². The van der Waals surface area contributed by atoms with E-state index in [-0.39, 0.29) is 6.03 Å². The number of hydrogen-bond donors (Lipinski definition) is 2. The number of aryl methyl sites for hydroxylation is 3. The number of carbonyl (C=O) groups is 1. The summed E-state index contributed by atoms with van der Waals surface area (Å²) >= 11 is 1.54. The van der Waals surface area contributed by atoms with Crippen molar-refractivity contribution in [1.82, 2.24) is 15.3 Å². The molecule has 0 bridgehead atoms. The molecule has 112 valence electrons. The number of hydrogen-bond acceptors (Lipinski definition) is 4. The molecule has 0 unspecified atom stereocenters. The second kappa shape index (κ2) is 5.81. The Bertz CT molecular complexity index is 643. The molecule has 0 aliphatic heterocycles. The van der Waals surface area contributed by atoms with E-state index in [1.807, 2.05) is 52.1 Å². The highest BCUT2D eigenvalue weighted by atomic mass is 32.1. The number of anilines is 1. The molecule has 5 nitrogen and oxygen atoms in total. The zero-order valence-corrected chi connectivity index (χ0v) is 13.8. The largest absolute Gasteiger partial charge is 0.326 e. The van der Waals surface area contributed by atoms with Gasteiger partial charge in [-0.05, 0) is 52.3 Å². The molecule has 2 N–H and O–H groups in total. The van der Waals surface area contributed by atoms with Crippen LogP contribution in [0.1, 0.15) is 35.8 Å². The van der Waals surface area contributed by atoms with E-state index in [4.69, 9.17) is 0 Å². The normalized spacial score (nSPS) is 11.3. The molecule has 0 aliphatic rings. The predicted octanol–water partition coefficient (Wildman–Crippen LogP) is 3.52. The van der Waals surface area contributed by atoms with Crippen LogP contribution in [0.2, 0.25) is 0 Å². The lowest BCUT2D eigenvalue weighted by molar-refractivity contribution is 0.241. The summed E-state index contributed by atoms with van der Waals surface area (Å²) in [5, 5.41) is 8.56. The summed E-state index contributed by atoms with van der Waals surface area (Å²) in [6.07, 6.45) is 0. The number of nitrogens with one attached hydrogen (secondary N) is 2. The van der Waals surface area contributed by atoms with Crippen LogP contribution in [0.4, 0.5) is 10.6 Å². The highest BCUT2D eigenvalue weighted by molar-refractivity contribution is 7.09. The maximum atomic E-state index is 12.1. The number of thiazole rings is 1. The molecule has 0 saturated carbocycles. The summed E-state index contributed by atoms with van der Waals surface area (Å²) in [7, 11) is 0. The molecule has 0 atom stereocenters. The summed E-state index contributed by atoms with van der Waals surface area (Å²) < 4.78 is 0. The monoisotopic (exact) mass is 304 g/mol. The van der Waals surface area contributed by atoms with Gasteiger partial charge in [0.2, 0.25) is 0 Å². The van der Waals surface area contributed by atoms with Crippen LogP contribution in [0.25, 0.3) is 0 Å². The molecule has 6 heteroatoms. The third-order valence-electron chi connectivity index (χ3n) is 2.92. The molecule has 21 heavy (non-hydrogen) atoms. The van der Waals surface area contributed by atoms with Crippen LogP contribution in [0.15, 0.2) is 17.5 Å². The van der Waals surface area contributed by atoms with Gasteiger partial charge in [0.1, 0.15) is 10.8 Å². The van der Waals surface area contributed by atoms with E-state index >= 15 is 0 Å². The lowest BCUT2D eigenvalue weighted by Crippen LogP contribution is -2.43. The summed E-state index contributed by atoms with van der Waals surface area (Å²) in [4.78, 5) is 20.9. The third-order valence-corrected chi connectivity index (χ3v) is 4.20. The Morgan fingerprint density at radius 2 is 1.86 bits per heavy atom. The fourth-order valence-corrected chi connectivity index (χ4v) is 2.91. The molecule has 2 heterocycles. The Hall–Kier alpha value is -1.95. The van der Waals surface area contributed by atoms with Crippen LogP contribution in [0, 0.1) is 20.8 Å². The van der Waals surface area contributed by atoms with Gasteiger partial charge < -0.3 is 5.32 Å². The maximum absolute atomic E-state index is 12.1. The predicted molar refractivity (Wildman–Crippen MR) is 85.7 cm³/mol. The van der Waals surface area contributed by atoms with Crippen LogP contribution in [0.5, 0.6) is 0 Å². The zero-order chi connectivity index (χ0) is 15.6. The van der Waals surface area contributed by atoms with E-state index < -0.39 is 5.54 Å². The van der Waals surface area contributed by atoms with Crippen molar-refractivity contribution in [2.24, 2.45) is 0 Å². The number of nitrogens with zero attached hydrogens (tertiary/aromatic N) is 2. The number of aromatic nitrogens is 2. The molecule has 2 rings (SSSR count). The van der Waals surface area contributed by atoms with Crippen molar-refractivity contribution >= 4 is 23.2 Å². The molecule has 0 saturated heterocycles. The van der Waals surface area contributed by atoms with Gasteiger partial charge in [-0.3, -0.25) is 5.32 Å². The molecule has 2 aromatic heterocycles. The van der Waals surface area contributed by atoms with E-state index in [0.717, 1.165) is 22.0 Å². The third kappa shape index (κ3) is 4.01. The van der Waals surface area contributed by atoms with Gasteiger partial charge in [-0.15, -0.1) is 11.3 Å². The minimum Gasteiger partial charge on any atom is -0.326 e. The topological polar surface area (TPSA) is 66.9 Å². The average molecular weight is 304 g/mol. The molecule has 2 amide bonds. The Labute approximate surface area is 128 Å². The van der Waals surface area contributed by atoms with Crippen LogP contribution in [-0.4, -0.2) is 16.0 Å². The van der Waals surface area contributed by atoms with Crippen molar-refractivity contribution in [3.8, 4) is 0 Å². The number of pyridine rings is 1. The van der Waals surface area contributed by atoms with E-state index in [1.165, 1.54) is 0 Å². The number of carbonyl (C=O) groups excluding carboxylic acids is 1. The van der Waals surface area contributed by atoms with E-state index in [2.05, 4.69) is 20.6 Å². The Morgan fingerprint density at radius 3 is 2.43 bits per heavy atom. The first-order chi connectivity index (χ1) is 9.76. The molecule has 0 spiro atoms. The summed E-state index contributed by atoms with van der Waals surface area (Å²) in [6.45, 7) is 9.67. The van der Waals surface area contributed by atoms with Gasteiger partial charge in [-0.25, -0.2) is 14.8 Å². The fraction of sp³-hybridized carbons (Fsp3) is 0.400. The molecular weight excluding hydrogens is 284 g/mol. The van der Waals surface area contributed by atoms with Crippen molar-refractivity contribution in [3.05, 3.63) is 39.5 Å². The Morgan fingerprint density at radius 1 is 1.14 bits per heavy atom. The fourth-order valence-electron chi connectivity index (χ4n) is 2.03. The van der Waals surface area contributed by atoms with Crippen molar-refractivity contribution in [3.63, 3.8) is 0 Å². The number of amides is 2. The second-order valence-corrected chi connectivity index (χ2v) is 6.53. The lowest BCUT2D eigenvalue weighted by Gasteiger charge is -2.23. The first kappa shape index (κ1) is 15.4. The van der Waals surface area contributed by atoms with Crippen molar-refractivity contribution < 1.29 is 4.79 Å². The summed E-state index contributed by atoms with van der Waals surface area (Å²) in [6, 6.07) is 3.52. The minimum absolute atomic E-state index is 0.287. The van der Waals surface area contributed by atoms with Gasteiger partial charge in [0.05, 0.1) is 5.54 Å². The number of rotatable bonds is 3. The summed E-state index contributed by atoms with van der Waals surface area (Å²) in [5.74, 6) is 0.552. The molecule has 0 radical (unpaired) electrons. The SMILES string of the molecule is Cc1cc(C)nc(NC(=O)NC(C)(C)c2nc(C)cs2)c1. The van der Waals surface area contributed by atoms with Crippen molar-refractivity contribution in [1.29, 1.82) is 0 Å². The highest BCUT2D eigenvalue weighted by Crippen LogP contribution is 2.23. The lowest BCUT2D eigenvalue weighted by atomic mass is 10.1. The minimum atomic E-state index is -0.526. The molecule has 0 aromatic carbocycles. The Kier molecular flexibility index (Phi) is 4.27. The smallest absolute Gasteiger partial charge is 0.321 e.